The zero-order chi connectivity index (χ0) is 42.4. The summed E-state index contributed by atoms with van der Waals surface area (Å²) < 4.78 is 2.48. The van der Waals surface area contributed by atoms with Gasteiger partial charge in [-0.2, -0.15) is 0 Å². The highest BCUT2D eigenvalue weighted by Crippen LogP contribution is 2.56. The highest BCUT2D eigenvalue weighted by atomic mass is 15.2. The minimum absolute atomic E-state index is 0.356. The minimum atomic E-state index is -0.356. The average molecular weight is 800 g/mol. The standard InChI is InChI=1S/C59H49N3/c1-6-19-54(60(5)46-33-28-43(29-34-46)41-20-11-8-12-21-41)49(7-2)45-32-39-56-53(40-45)59(3,4)52-38-37-51-50-26-17-18-27-55(50)61(57(51)58(52)62(56)47-24-15-10-16-25-47)48-35-30-44(31-36-48)42-22-13-9-14-23-42/h6-40H,2H2,1,3-5H3/b19-6-,54-49-. The Morgan fingerprint density at radius 3 is 1.77 bits per heavy atom. The summed E-state index contributed by atoms with van der Waals surface area (Å²) in [5, 5.41) is 2.47. The van der Waals surface area contributed by atoms with E-state index in [-0.39, 0.29) is 5.41 Å². The van der Waals surface area contributed by atoms with E-state index in [2.05, 4.69) is 255 Å². The van der Waals surface area contributed by atoms with E-state index in [0.717, 1.165) is 33.9 Å². The van der Waals surface area contributed by atoms with Gasteiger partial charge in [0.25, 0.3) is 0 Å². The van der Waals surface area contributed by atoms with Crippen molar-refractivity contribution >= 4 is 50.1 Å². The molecular weight excluding hydrogens is 751 g/mol. The van der Waals surface area contributed by atoms with Crippen LogP contribution < -0.4 is 9.80 Å². The molecule has 62 heavy (non-hydrogen) atoms. The predicted octanol–water partition coefficient (Wildman–Crippen LogP) is 15.8. The van der Waals surface area contributed by atoms with Crippen molar-refractivity contribution < 1.29 is 0 Å². The van der Waals surface area contributed by atoms with Gasteiger partial charge in [-0.15, -0.1) is 0 Å². The number of nitrogens with zero attached hydrogens (tertiary/aromatic N) is 3. The first-order valence-corrected chi connectivity index (χ1v) is 21.5. The molecule has 0 fully saturated rings. The molecule has 8 aromatic carbocycles. The van der Waals surface area contributed by atoms with Crippen LogP contribution in [0.25, 0.3) is 55.3 Å². The van der Waals surface area contributed by atoms with Crippen molar-refractivity contribution in [1.29, 1.82) is 0 Å². The summed E-state index contributed by atoms with van der Waals surface area (Å²) in [6.45, 7) is 11.2. The van der Waals surface area contributed by atoms with Gasteiger partial charge in [0.2, 0.25) is 0 Å². The summed E-state index contributed by atoms with van der Waals surface area (Å²) in [7, 11) is 2.14. The number of hydrogen-bond donors (Lipinski definition) is 0. The number of anilines is 4. The predicted molar refractivity (Wildman–Crippen MR) is 265 cm³/mol. The Bertz CT molecular complexity index is 3150. The molecule has 0 saturated heterocycles. The fraction of sp³-hybridized carbons (Fsp3) is 0.0847. The van der Waals surface area contributed by atoms with Crippen LogP contribution in [-0.2, 0) is 5.41 Å². The SMILES string of the molecule is C=C/C(=C(\C=C/C)N(C)c1ccc(-c2ccccc2)cc1)c1ccc2c(c1)C(C)(C)c1ccc3c4ccccc4n(-c4ccc(-c5ccccc5)cc4)c3c1N2c1ccccc1. The summed E-state index contributed by atoms with van der Waals surface area (Å²) in [4.78, 5) is 4.77. The zero-order valence-electron chi connectivity index (χ0n) is 35.8. The van der Waals surface area contributed by atoms with Crippen molar-refractivity contribution in [3.05, 3.63) is 241 Å². The van der Waals surface area contributed by atoms with Gasteiger partial charge < -0.3 is 14.4 Å². The topological polar surface area (TPSA) is 11.4 Å². The van der Waals surface area contributed by atoms with E-state index in [1.165, 1.54) is 66.6 Å². The number of allylic oxidation sites excluding steroid dienone is 4. The molecule has 0 N–H and O–H groups in total. The van der Waals surface area contributed by atoms with E-state index in [9.17, 15) is 0 Å². The summed E-state index contributed by atoms with van der Waals surface area (Å²) >= 11 is 0. The van der Waals surface area contributed by atoms with Gasteiger partial charge in [-0.05, 0) is 107 Å². The molecule has 3 nitrogen and oxygen atoms in total. The van der Waals surface area contributed by atoms with E-state index < -0.39 is 0 Å². The van der Waals surface area contributed by atoms with E-state index >= 15 is 0 Å². The van der Waals surface area contributed by atoms with Crippen molar-refractivity contribution in [2.75, 3.05) is 16.8 Å². The molecule has 0 radical (unpaired) electrons. The molecule has 0 bridgehead atoms. The Kier molecular flexibility index (Phi) is 9.81. The summed E-state index contributed by atoms with van der Waals surface area (Å²) in [5.41, 5.74) is 18.4. The molecule has 10 rings (SSSR count). The minimum Gasteiger partial charge on any atom is -0.344 e. The molecular formula is C59H49N3. The first-order chi connectivity index (χ1) is 30.4. The molecule has 0 saturated carbocycles. The van der Waals surface area contributed by atoms with Crippen molar-refractivity contribution in [1.82, 2.24) is 4.57 Å². The smallest absolute Gasteiger partial charge is 0.0785 e. The Morgan fingerprint density at radius 1 is 0.565 bits per heavy atom. The lowest BCUT2D eigenvalue weighted by Crippen LogP contribution is -2.31. The zero-order valence-corrected chi connectivity index (χ0v) is 35.8. The maximum Gasteiger partial charge on any atom is 0.0785 e. The number of likely N-dealkylation sites (N-methyl/N-ethyl adjacent to an activating group) is 1. The second-order valence-corrected chi connectivity index (χ2v) is 16.6. The van der Waals surface area contributed by atoms with Crippen molar-refractivity contribution in [2.24, 2.45) is 0 Å². The van der Waals surface area contributed by atoms with Crippen LogP contribution in [0.2, 0.25) is 0 Å². The Balaban J connectivity index is 1.15. The van der Waals surface area contributed by atoms with E-state index in [1.54, 1.807) is 0 Å². The largest absolute Gasteiger partial charge is 0.344 e. The van der Waals surface area contributed by atoms with Crippen LogP contribution in [0.1, 0.15) is 37.5 Å². The van der Waals surface area contributed by atoms with Crippen molar-refractivity contribution in [3.63, 3.8) is 0 Å². The maximum atomic E-state index is 4.40. The third-order valence-electron chi connectivity index (χ3n) is 12.7. The van der Waals surface area contributed by atoms with Crippen LogP contribution >= 0.6 is 0 Å². The number of fused-ring (bicyclic) bond motifs is 6. The molecule has 1 aromatic heterocycles. The lowest BCUT2D eigenvalue weighted by atomic mass is 9.72. The van der Waals surface area contributed by atoms with Gasteiger partial charge >= 0.3 is 0 Å². The number of aromatic nitrogens is 1. The van der Waals surface area contributed by atoms with E-state index in [1.807, 2.05) is 6.08 Å². The van der Waals surface area contributed by atoms with E-state index in [0.29, 0.717) is 0 Å². The molecule has 0 unspecified atom stereocenters. The lowest BCUT2D eigenvalue weighted by molar-refractivity contribution is 0.632. The second-order valence-electron chi connectivity index (χ2n) is 16.6. The van der Waals surface area contributed by atoms with Crippen LogP contribution in [0.5, 0.6) is 0 Å². The van der Waals surface area contributed by atoms with Gasteiger partial charge in [-0.1, -0.05) is 172 Å². The molecule has 1 aliphatic rings. The van der Waals surface area contributed by atoms with Gasteiger partial charge in [0.15, 0.2) is 0 Å². The Hall–Kier alpha value is -7.62. The number of benzene rings is 8. The normalized spacial score (nSPS) is 13.5. The number of para-hydroxylation sites is 2. The molecule has 9 aromatic rings. The molecule has 300 valence electrons. The maximum absolute atomic E-state index is 4.40. The second kappa shape index (κ2) is 15.8. The third-order valence-corrected chi connectivity index (χ3v) is 12.7. The van der Waals surface area contributed by atoms with E-state index in [4.69, 9.17) is 0 Å². The van der Waals surface area contributed by atoms with Crippen LogP contribution in [0.15, 0.2) is 225 Å². The first kappa shape index (κ1) is 38.6. The van der Waals surface area contributed by atoms with Crippen LogP contribution in [0, 0.1) is 0 Å². The lowest BCUT2D eigenvalue weighted by Gasteiger charge is -2.43. The number of hydrogen-bond acceptors (Lipinski definition) is 2. The average Bonchev–Trinajstić information content (AvgIpc) is 3.67. The van der Waals surface area contributed by atoms with Crippen LogP contribution in [-0.4, -0.2) is 11.6 Å². The molecule has 1 aliphatic heterocycles. The van der Waals surface area contributed by atoms with Gasteiger partial charge in [-0.3, -0.25) is 0 Å². The van der Waals surface area contributed by atoms with Crippen LogP contribution in [0.3, 0.4) is 0 Å². The van der Waals surface area contributed by atoms with Crippen LogP contribution in [0.4, 0.5) is 22.7 Å². The monoisotopic (exact) mass is 799 g/mol. The van der Waals surface area contributed by atoms with Gasteiger partial charge in [0.1, 0.15) is 0 Å². The molecule has 0 amide bonds. The highest BCUT2D eigenvalue weighted by molar-refractivity contribution is 6.16. The van der Waals surface area contributed by atoms with Gasteiger partial charge in [0, 0.05) is 51.6 Å². The molecule has 3 heteroatoms. The molecule has 0 atom stereocenters. The summed E-state index contributed by atoms with van der Waals surface area (Å²) in [5.74, 6) is 0. The quantitative estimate of drug-likeness (QED) is 0.135. The number of rotatable bonds is 9. The Labute approximate surface area is 365 Å². The first-order valence-electron chi connectivity index (χ1n) is 21.5. The van der Waals surface area contributed by atoms with Crippen molar-refractivity contribution in [3.8, 4) is 27.9 Å². The fourth-order valence-corrected chi connectivity index (χ4v) is 9.54. The molecule has 2 heterocycles. The fourth-order valence-electron chi connectivity index (χ4n) is 9.54. The van der Waals surface area contributed by atoms with Crippen molar-refractivity contribution in [2.45, 2.75) is 26.2 Å². The van der Waals surface area contributed by atoms with Gasteiger partial charge in [0.05, 0.1) is 22.4 Å². The highest BCUT2D eigenvalue weighted by Gasteiger charge is 2.39. The van der Waals surface area contributed by atoms with Gasteiger partial charge in [-0.25, -0.2) is 0 Å². The summed E-state index contributed by atoms with van der Waals surface area (Å²) in [6.07, 6.45) is 6.32. The summed E-state index contributed by atoms with van der Waals surface area (Å²) in [6, 6.07) is 70.4. The molecule has 0 aliphatic carbocycles. The third kappa shape index (κ3) is 6.45. The molecule has 0 spiro atoms. The Morgan fingerprint density at radius 2 is 1.15 bits per heavy atom.